The Balaban J connectivity index is 1.78. The van der Waals surface area contributed by atoms with Crippen LogP contribution in [0.15, 0.2) is 24.3 Å². The predicted octanol–water partition coefficient (Wildman–Crippen LogP) is 3.95. The van der Waals surface area contributed by atoms with E-state index in [9.17, 15) is 4.79 Å². The molecule has 0 bridgehead atoms. The molecule has 0 radical (unpaired) electrons. The summed E-state index contributed by atoms with van der Waals surface area (Å²) in [6.45, 7) is 2.79. The highest BCUT2D eigenvalue weighted by Gasteiger charge is 2.58. The molecule has 3 nitrogen and oxygen atoms in total. The van der Waals surface area contributed by atoms with Crippen molar-refractivity contribution in [2.24, 2.45) is 11.8 Å². The molecule has 4 atom stereocenters. The first kappa shape index (κ1) is 14.5. The molecule has 3 aliphatic rings. The van der Waals surface area contributed by atoms with Gasteiger partial charge in [0.2, 0.25) is 5.91 Å². The van der Waals surface area contributed by atoms with Crippen LogP contribution >= 0.6 is 11.6 Å². The summed E-state index contributed by atoms with van der Waals surface area (Å²) in [6.07, 6.45) is 5.52. The predicted molar refractivity (Wildman–Crippen MR) is 85.5 cm³/mol. The van der Waals surface area contributed by atoms with E-state index in [1.54, 1.807) is 0 Å². The number of benzene rings is 1. The molecule has 2 saturated heterocycles. The van der Waals surface area contributed by atoms with E-state index < -0.39 is 5.72 Å². The third-order valence-corrected chi connectivity index (χ3v) is 5.92. The summed E-state index contributed by atoms with van der Waals surface area (Å²) >= 11 is 6.04. The van der Waals surface area contributed by atoms with E-state index >= 15 is 0 Å². The minimum atomic E-state index is -0.570. The first-order valence-corrected chi connectivity index (χ1v) is 8.73. The Morgan fingerprint density at radius 2 is 1.95 bits per heavy atom. The smallest absolute Gasteiger partial charge is 0.228 e. The van der Waals surface area contributed by atoms with Gasteiger partial charge in [-0.3, -0.25) is 4.79 Å². The van der Waals surface area contributed by atoms with Crippen molar-refractivity contribution in [2.75, 3.05) is 6.61 Å². The van der Waals surface area contributed by atoms with E-state index in [1.165, 1.54) is 19.3 Å². The van der Waals surface area contributed by atoms with E-state index in [0.717, 1.165) is 30.0 Å². The SMILES string of the molecule is C[C@H]1C[C@@]2(c3ccc(Cl)cc3)OC[C@@H]3CCCC[C@H]3N2C1=O. The van der Waals surface area contributed by atoms with Gasteiger partial charge in [0, 0.05) is 34.9 Å². The van der Waals surface area contributed by atoms with E-state index in [0.29, 0.717) is 12.0 Å². The van der Waals surface area contributed by atoms with E-state index in [4.69, 9.17) is 16.3 Å². The lowest BCUT2D eigenvalue weighted by Crippen LogP contribution is -2.59. The van der Waals surface area contributed by atoms with Crippen LogP contribution in [0.1, 0.15) is 44.6 Å². The number of nitrogens with zero attached hydrogens (tertiary/aromatic N) is 1. The molecule has 1 aromatic rings. The summed E-state index contributed by atoms with van der Waals surface area (Å²) in [7, 11) is 0. The third-order valence-electron chi connectivity index (χ3n) is 5.66. The summed E-state index contributed by atoms with van der Waals surface area (Å²) in [4.78, 5) is 15.0. The summed E-state index contributed by atoms with van der Waals surface area (Å²) in [5.74, 6) is 0.784. The molecule has 4 rings (SSSR count). The fourth-order valence-corrected chi connectivity index (χ4v) is 4.72. The number of halogens is 1. The molecule has 1 aliphatic carbocycles. The molecule has 1 saturated carbocycles. The van der Waals surface area contributed by atoms with Gasteiger partial charge in [-0.15, -0.1) is 0 Å². The number of rotatable bonds is 1. The van der Waals surface area contributed by atoms with Crippen molar-refractivity contribution in [3.63, 3.8) is 0 Å². The number of hydrogen-bond acceptors (Lipinski definition) is 2. The first-order chi connectivity index (χ1) is 10.6. The largest absolute Gasteiger partial charge is 0.351 e. The average molecular weight is 320 g/mol. The Kier molecular flexibility index (Phi) is 3.46. The number of carbonyl (C=O) groups excluding carboxylic acids is 1. The summed E-state index contributed by atoms with van der Waals surface area (Å²) in [6, 6.07) is 8.17. The molecule has 2 heterocycles. The molecule has 2 aliphatic heterocycles. The lowest BCUT2D eigenvalue weighted by Gasteiger charge is -2.52. The molecule has 3 fully saturated rings. The Bertz CT molecular complexity index is 587. The Labute approximate surface area is 136 Å². The van der Waals surface area contributed by atoms with Gasteiger partial charge in [0.05, 0.1) is 6.61 Å². The van der Waals surface area contributed by atoms with Crippen LogP contribution in [-0.4, -0.2) is 23.5 Å². The van der Waals surface area contributed by atoms with Crippen molar-refractivity contribution in [1.29, 1.82) is 0 Å². The van der Waals surface area contributed by atoms with Gasteiger partial charge in [0.25, 0.3) is 0 Å². The molecule has 4 heteroatoms. The quantitative estimate of drug-likeness (QED) is 0.784. The highest BCUT2D eigenvalue weighted by molar-refractivity contribution is 6.30. The van der Waals surface area contributed by atoms with Gasteiger partial charge in [0.1, 0.15) is 0 Å². The average Bonchev–Trinajstić information content (AvgIpc) is 2.80. The Hall–Kier alpha value is -1.06. The van der Waals surface area contributed by atoms with Crippen molar-refractivity contribution in [3.8, 4) is 0 Å². The number of hydrogen-bond donors (Lipinski definition) is 0. The minimum absolute atomic E-state index is 0.0244. The molecule has 22 heavy (non-hydrogen) atoms. The molecule has 1 aromatic carbocycles. The zero-order valence-electron chi connectivity index (χ0n) is 12.9. The van der Waals surface area contributed by atoms with Crippen molar-refractivity contribution in [1.82, 2.24) is 4.90 Å². The number of carbonyl (C=O) groups is 1. The standard InChI is InChI=1S/C18H22ClNO2/c1-12-10-18(14-6-8-15(19)9-7-14)20(17(12)21)16-5-3-2-4-13(16)11-22-18/h6-9,12-13,16H,2-5,10-11H2,1H3/t12-,13-,16+,18-/m0/s1. The maximum Gasteiger partial charge on any atom is 0.228 e. The fraction of sp³-hybridized carbons (Fsp3) is 0.611. The molecule has 0 aromatic heterocycles. The molecule has 0 spiro atoms. The second kappa shape index (κ2) is 5.24. The Morgan fingerprint density at radius 1 is 1.23 bits per heavy atom. The zero-order valence-corrected chi connectivity index (χ0v) is 13.7. The van der Waals surface area contributed by atoms with Crippen LogP contribution in [0, 0.1) is 11.8 Å². The highest BCUT2D eigenvalue weighted by atomic mass is 35.5. The topological polar surface area (TPSA) is 29.5 Å². The summed E-state index contributed by atoms with van der Waals surface area (Å²) < 4.78 is 6.39. The van der Waals surface area contributed by atoms with Crippen LogP contribution in [0.3, 0.4) is 0 Å². The molecule has 0 unspecified atom stereocenters. The van der Waals surface area contributed by atoms with Crippen LogP contribution in [0.4, 0.5) is 0 Å². The van der Waals surface area contributed by atoms with Crippen LogP contribution in [0.2, 0.25) is 5.02 Å². The second-order valence-corrected chi connectivity index (χ2v) is 7.46. The van der Waals surface area contributed by atoms with Crippen molar-refractivity contribution in [3.05, 3.63) is 34.9 Å². The lowest BCUT2D eigenvalue weighted by molar-refractivity contribution is -0.222. The van der Waals surface area contributed by atoms with E-state index in [-0.39, 0.29) is 11.8 Å². The van der Waals surface area contributed by atoms with Gasteiger partial charge >= 0.3 is 0 Å². The fourth-order valence-electron chi connectivity index (χ4n) is 4.59. The van der Waals surface area contributed by atoms with Crippen molar-refractivity contribution in [2.45, 2.75) is 50.8 Å². The first-order valence-electron chi connectivity index (χ1n) is 8.35. The molecular weight excluding hydrogens is 298 g/mol. The minimum Gasteiger partial charge on any atom is -0.351 e. The Morgan fingerprint density at radius 3 is 2.73 bits per heavy atom. The zero-order chi connectivity index (χ0) is 15.3. The van der Waals surface area contributed by atoms with Crippen molar-refractivity contribution >= 4 is 17.5 Å². The molecule has 0 N–H and O–H groups in total. The maximum absolute atomic E-state index is 12.9. The molecule has 1 amide bonds. The van der Waals surface area contributed by atoms with Crippen LogP contribution in [0.5, 0.6) is 0 Å². The van der Waals surface area contributed by atoms with Gasteiger partial charge < -0.3 is 9.64 Å². The van der Waals surface area contributed by atoms with Gasteiger partial charge in [0.15, 0.2) is 5.72 Å². The van der Waals surface area contributed by atoms with Gasteiger partial charge in [-0.1, -0.05) is 43.5 Å². The number of ether oxygens (including phenoxy) is 1. The monoisotopic (exact) mass is 319 g/mol. The van der Waals surface area contributed by atoms with Crippen LogP contribution in [-0.2, 0) is 15.3 Å². The number of amides is 1. The third kappa shape index (κ3) is 2.02. The number of fused-ring (bicyclic) bond motifs is 3. The van der Waals surface area contributed by atoms with Gasteiger partial charge in [-0.25, -0.2) is 0 Å². The highest BCUT2D eigenvalue weighted by Crippen LogP contribution is 2.51. The second-order valence-electron chi connectivity index (χ2n) is 7.03. The van der Waals surface area contributed by atoms with E-state index in [1.807, 2.05) is 31.2 Å². The summed E-state index contributed by atoms with van der Waals surface area (Å²) in [5.41, 5.74) is 0.498. The van der Waals surface area contributed by atoms with Gasteiger partial charge in [-0.2, -0.15) is 0 Å². The van der Waals surface area contributed by atoms with Gasteiger partial charge in [-0.05, 0) is 25.0 Å². The van der Waals surface area contributed by atoms with E-state index in [2.05, 4.69) is 4.90 Å². The molecular formula is C18H22ClNO2. The maximum atomic E-state index is 12.9. The normalized spacial score (nSPS) is 37.8. The van der Waals surface area contributed by atoms with Crippen LogP contribution < -0.4 is 0 Å². The summed E-state index contributed by atoms with van der Waals surface area (Å²) in [5, 5.41) is 0.718. The lowest BCUT2D eigenvalue weighted by atomic mass is 9.81. The van der Waals surface area contributed by atoms with Crippen molar-refractivity contribution < 1.29 is 9.53 Å². The van der Waals surface area contributed by atoms with Crippen LogP contribution in [0.25, 0.3) is 0 Å². The molecule has 118 valence electrons.